The molecule has 0 aromatic heterocycles. The Balaban J connectivity index is 2.74. The summed E-state index contributed by atoms with van der Waals surface area (Å²) in [5, 5.41) is 0.453. The maximum atomic E-state index is 11.5. The van der Waals surface area contributed by atoms with Crippen molar-refractivity contribution in [2.75, 3.05) is 21.2 Å². The lowest BCUT2D eigenvalue weighted by atomic mass is 10.2. The largest absolute Gasteiger partial charge is 0.495 e. The summed E-state index contributed by atoms with van der Waals surface area (Å²) in [6, 6.07) is 5.11. The van der Waals surface area contributed by atoms with Crippen molar-refractivity contribution < 1.29 is 13.2 Å². The van der Waals surface area contributed by atoms with Gasteiger partial charge in [0.25, 0.3) is 10.2 Å². The quantitative estimate of drug-likeness (QED) is 0.882. The topological polar surface area (TPSA) is 58.6 Å². The molecular formula is C10H15ClN2O3S. The molecule has 7 heteroatoms. The highest BCUT2D eigenvalue weighted by Gasteiger charge is 2.12. The number of nitrogens with one attached hydrogen (secondary N) is 1. The van der Waals surface area contributed by atoms with Gasteiger partial charge in [-0.05, 0) is 17.7 Å². The van der Waals surface area contributed by atoms with Crippen LogP contribution >= 0.6 is 11.6 Å². The van der Waals surface area contributed by atoms with Crippen LogP contribution in [0.15, 0.2) is 18.2 Å². The van der Waals surface area contributed by atoms with Crippen LogP contribution < -0.4 is 9.46 Å². The lowest BCUT2D eigenvalue weighted by Gasteiger charge is -2.12. The van der Waals surface area contributed by atoms with E-state index in [0.717, 1.165) is 9.87 Å². The van der Waals surface area contributed by atoms with Crippen LogP contribution in [0.1, 0.15) is 5.56 Å². The molecule has 0 heterocycles. The van der Waals surface area contributed by atoms with E-state index >= 15 is 0 Å². The maximum Gasteiger partial charge on any atom is 0.279 e. The number of methoxy groups -OCH3 is 1. The van der Waals surface area contributed by atoms with Gasteiger partial charge in [0.1, 0.15) is 5.75 Å². The van der Waals surface area contributed by atoms with Gasteiger partial charge < -0.3 is 4.74 Å². The molecule has 0 aliphatic carbocycles. The van der Waals surface area contributed by atoms with Gasteiger partial charge in [-0.2, -0.15) is 17.4 Å². The number of hydrogen-bond donors (Lipinski definition) is 1. The number of benzene rings is 1. The van der Waals surface area contributed by atoms with E-state index in [1.807, 2.05) is 0 Å². The third kappa shape index (κ3) is 3.85. The van der Waals surface area contributed by atoms with E-state index in [1.54, 1.807) is 18.2 Å². The Labute approximate surface area is 107 Å². The summed E-state index contributed by atoms with van der Waals surface area (Å²) < 4.78 is 31.5. The Morgan fingerprint density at radius 1 is 1.41 bits per heavy atom. The first-order valence-corrected chi connectivity index (χ1v) is 6.68. The van der Waals surface area contributed by atoms with Crippen LogP contribution in [0.3, 0.4) is 0 Å². The summed E-state index contributed by atoms with van der Waals surface area (Å²) in [5.41, 5.74) is 0.765. The lowest BCUT2D eigenvalue weighted by molar-refractivity contribution is 0.415. The van der Waals surface area contributed by atoms with Crippen LogP contribution in [0.25, 0.3) is 0 Å². The summed E-state index contributed by atoms with van der Waals surface area (Å²) in [4.78, 5) is 0. The minimum Gasteiger partial charge on any atom is -0.495 e. The van der Waals surface area contributed by atoms with E-state index in [-0.39, 0.29) is 6.54 Å². The zero-order valence-electron chi connectivity index (χ0n) is 9.90. The second-order valence-electron chi connectivity index (χ2n) is 3.58. The molecule has 0 spiro atoms. The molecule has 0 aliphatic rings. The van der Waals surface area contributed by atoms with E-state index in [1.165, 1.54) is 21.2 Å². The molecule has 1 aromatic carbocycles. The summed E-state index contributed by atoms with van der Waals surface area (Å²) in [6.07, 6.45) is 0. The third-order valence-electron chi connectivity index (χ3n) is 2.16. The highest BCUT2D eigenvalue weighted by Crippen LogP contribution is 2.24. The molecule has 1 rings (SSSR count). The molecule has 17 heavy (non-hydrogen) atoms. The fraction of sp³-hybridized carbons (Fsp3) is 0.400. The highest BCUT2D eigenvalue weighted by atomic mass is 35.5. The number of nitrogens with zero attached hydrogens (tertiary/aromatic N) is 1. The average Bonchev–Trinajstić information content (AvgIpc) is 2.26. The monoisotopic (exact) mass is 278 g/mol. The van der Waals surface area contributed by atoms with Crippen molar-refractivity contribution in [3.63, 3.8) is 0 Å². The Kier molecular flexibility index (Phi) is 4.76. The molecule has 0 radical (unpaired) electrons. The van der Waals surface area contributed by atoms with Crippen LogP contribution in [-0.4, -0.2) is 33.9 Å². The number of hydrogen-bond acceptors (Lipinski definition) is 3. The van der Waals surface area contributed by atoms with Gasteiger partial charge in [0, 0.05) is 20.6 Å². The summed E-state index contributed by atoms with van der Waals surface area (Å²) in [5.74, 6) is 0.561. The van der Waals surface area contributed by atoms with Crippen molar-refractivity contribution in [3.05, 3.63) is 28.8 Å². The second-order valence-corrected chi connectivity index (χ2v) is 5.95. The molecule has 5 nitrogen and oxygen atoms in total. The average molecular weight is 279 g/mol. The molecule has 0 bridgehead atoms. The van der Waals surface area contributed by atoms with Gasteiger partial charge in [-0.15, -0.1) is 0 Å². The van der Waals surface area contributed by atoms with Gasteiger partial charge in [0.05, 0.1) is 12.1 Å². The number of halogens is 1. The SMILES string of the molecule is COc1ccc(CNS(=O)(=O)N(C)C)cc1Cl. The lowest BCUT2D eigenvalue weighted by Crippen LogP contribution is -2.35. The summed E-state index contributed by atoms with van der Waals surface area (Å²) in [7, 11) is 1.03. The number of ether oxygens (including phenoxy) is 1. The van der Waals surface area contributed by atoms with Gasteiger partial charge in [-0.25, -0.2) is 0 Å². The molecule has 1 N–H and O–H groups in total. The Morgan fingerprint density at radius 3 is 2.53 bits per heavy atom. The van der Waals surface area contributed by atoms with Crippen molar-refractivity contribution in [2.24, 2.45) is 0 Å². The zero-order valence-corrected chi connectivity index (χ0v) is 11.5. The first kappa shape index (κ1) is 14.2. The van der Waals surface area contributed by atoms with E-state index < -0.39 is 10.2 Å². The first-order valence-electron chi connectivity index (χ1n) is 4.86. The van der Waals surface area contributed by atoms with Crippen LogP contribution in [0.5, 0.6) is 5.75 Å². The van der Waals surface area contributed by atoms with E-state index in [4.69, 9.17) is 16.3 Å². The van der Waals surface area contributed by atoms with Gasteiger partial charge in [0.15, 0.2) is 0 Å². The molecule has 0 fully saturated rings. The van der Waals surface area contributed by atoms with Gasteiger partial charge >= 0.3 is 0 Å². The zero-order chi connectivity index (χ0) is 13.1. The van der Waals surface area contributed by atoms with E-state index in [0.29, 0.717) is 10.8 Å². The molecule has 0 saturated carbocycles. The molecule has 96 valence electrons. The van der Waals surface area contributed by atoms with E-state index in [2.05, 4.69) is 4.72 Å². The Hall–Kier alpha value is -0.820. The molecular weight excluding hydrogens is 264 g/mol. The predicted molar refractivity (Wildman–Crippen MR) is 67.5 cm³/mol. The molecule has 1 aromatic rings. The summed E-state index contributed by atoms with van der Waals surface area (Å²) >= 11 is 5.93. The Morgan fingerprint density at radius 2 is 2.06 bits per heavy atom. The standard InChI is InChI=1S/C10H15ClN2O3S/c1-13(2)17(14,15)12-7-8-4-5-10(16-3)9(11)6-8/h4-6,12H,7H2,1-3H3. The van der Waals surface area contributed by atoms with Gasteiger partial charge in [-0.1, -0.05) is 17.7 Å². The summed E-state index contributed by atoms with van der Waals surface area (Å²) in [6.45, 7) is 0.185. The smallest absolute Gasteiger partial charge is 0.279 e. The Bertz CT molecular complexity index is 488. The fourth-order valence-electron chi connectivity index (χ4n) is 1.12. The minimum absolute atomic E-state index is 0.185. The van der Waals surface area contributed by atoms with Crippen molar-refractivity contribution in [3.8, 4) is 5.75 Å². The van der Waals surface area contributed by atoms with Crippen molar-refractivity contribution in [1.29, 1.82) is 0 Å². The van der Waals surface area contributed by atoms with Gasteiger partial charge in [0.2, 0.25) is 0 Å². The predicted octanol–water partition coefficient (Wildman–Crippen LogP) is 1.24. The van der Waals surface area contributed by atoms with Gasteiger partial charge in [-0.3, -0.25) is 0 Å². The third-order valence-corrected chi connectivity index (χ3v) is 3.92. The molecule has 0 aliphatic heterocycles. The molecule has 0 saturated heterocycles. The van der Waals surface area contributed by atoms with Crippen molar-refractivity contribution >= 4 is 21.8 Å². The minimum atomic E-state index is -3.42. The van der Waals surface area contributed by atoms with Crippen molar-refractivity contribution in [1.82, 2.24) is 9.03 Å². The van der Waals surface area contributed by atoms with Crippen LogP contribution in [0.2, 0.25) is 5.02 Å². The van der Waals surface area contributed by atoms with Crippen LogP contribution in [0, 0.1) is 0 Å². The molecule has 0 unspecified atom stereocenters. The molecule has 0 amide bonds. The second kappa shape index (κ2) is 5.68. The first-order chi connectivity index (χ1) is 7.86. The number of rotatable bonds is 5. The van der Waals surface area contributed by atoms with Crippen LogP contribution in [0.4, 0.5) is 0 Å². The normalized spacial score (nSPS) is 11.8. The highest BCUT2D eigenvalue weighted by molar-refractivity contribution is 7.87. The van der Waals surface area contributed by atoms with E-state index in [9.17, 15) is 8.42 Å². The van der Waals surface area contributed by atoms with Crippen molar-refractivity contribution in [2.45, 2.75) is 6.54 Å². The molecule has 0 atom stereocenters. The van der Waals surface area contributed by atoms with Crippen LogP contribution in [-0.2, 0) is 16.8 Å². The maximum absolute atomic E-state index is 11.5. The fourth-order valence-corrected chi connectivity index (χ4v) is 2.01.